The highest BCUT2D eigenvalue weighted by molar-refractivity contribution is 6.30. The van der Waals surface area contributed by atoms with E-state index in [9.17, 15) is 4.79 Å². The molecule has 0 unspecified atom stereocenters. The number of cyclic esters (lactones) is 1. The van der Waals surface area contributed by atoms with Crippen LogP contribution in [0.25, 0.3) is 6.08 Å². The van der Waals surface area contributed by atoms with Crippen molar-refractivity contribution in [2.75, 3.05) is 7.11 Å². The second-order valence-electron chi connectivity index (χ2n) is 6.52. The minimum Gasteiger partial charge on any atom is -0.496 e. The molecule has 0 aliphatic carbocycles. The number of carbonyl (C=O) groups is 1. The van der Waals surface area contributed by atoms with Crippen LogP contribution in [0.15, 0.2) is 83.5 Å². The van der Waals surface area contributed by atoms with Gasteiger partial charge >= 0.3 is 5.97 Å². The van der Waals surface area contributed by atoms with Crippen LogP contribution in [0, 0.1) is 0 Å². The molecule has 0 saturated carbocycles. The number of hydrogen-bond donors (Lipinski definition) is 0. The van der Waals surface area contributed by atoms with Crippen LogP contribution >= 0.6 is 11.6 Å². The third-order valence-electron chi connectivity index (χ3n) is 4.44. The normalized spacial score (nSPS) is 14.4. The zero-order chi connectivity index (χ0) is 20.9. The van der Waals surface area contributed by atoms with Crippen LogP contribution in [0.2, 0.25) is 5.02 Å². The topological polar surface area (TPSA) is 57.1 Å². The van der Waals surface area contributed by atoms with Crippen molar-refractivity contribution >= 4 is 29.5 Å². The van der Waals surface area contributed by atoms with Gasteiger partial charge < -0.3 is 14.2 Å². The molecule has 0 fully saturated rings. The van der Waals surface area contributed by atoms with E-state index < -0.39 is 5.97 Å². The van der Waals surface area contributed by atoms with Crippen LogP contribution in [-0.2, 0) is 16.1 Å². The molecule has 1 heterocycles. The molecule has 3 aromatic carbocycles. The Kier molecular flexibility index (Phi) is 5.82. The lowest BCUT2D eigenvalue weighted by Crippen LogP contribution is -2.06. The van der Waals surface area contributed by atoms with Crippen LogP contribution in [-0.4, -0.2) is 19.0 Å². The summed E-state index contributed by atoms with van der Waals surface area (Å²) in [7, 11) is 1.56. The van der Waals surface area contributed by atoms with Crippen LogP contribution < -0.4 is 9.47 Å². The second-order valence-corrected chi connectivity index (χ2v) is 6.96. The summed E-state index contributed by atoms with van der Waals surface area (Å²) in [6.07, 6.45) is 1.67. The van der Waals surface area contributed by atoms with Gasteiger partial charge in [0.15, 0.2) is 5.70 Å². The highest BCUT2D eigenvalue weighted by atomic mass is 35.5. The van der Waals surface area contributed by atoms with Crippen molar-refractivity contribution in [3.05, 3.63) is 100 Å². The quantitative estimate of drug-likeness (QED) is 0.403. The number of halogens is 1. The number of para-hydroxylation sites is 1. The third-order valence-corrected chi connectivity index (χ3v) is 4.69. The monoisotopic (exact) mass is 419 g/mol. The van der Waals surface area contributed by atoms with Gasteiger partial charge in [0.05, 0.1) is 12.7 Å². The van der Waals surface area contributed by atoms with Crippen molar-refractivity contribution in [1.29, 1.82) is 0 Å². The van der Waals surface area contributed by atoms with Crippen LogP contribution in [0.1, 0.15) is 16.7 Å². The molecular formula is C24H18ClNO4. The first kappa shape index (κ1) is 19.7. The maximum atomic E-state index is 12.3. The highest BCUT2D eigenvalue weighted by Gasteiger charge is 2.26. The fourth-order valence-corrected chi connectivity index (χ4v) is 3.07. The number of aliphatic imine (C=N–C) groups is 1. The molecule has 0 atom stereocenters. The third kappa shape index (κ3) is 4.53. The lowest BCUT2D eigenvalue weighted by Gasteiger charge is -2.07. The molecule has 5 nitrogen and oxygen atoms in total. The van der Waals surface area contributed by atoms with Crippen molar-refractivity contribution in [2.24, 2.45) is 4.99 Å². The number of esters is 1. The number of hydrogen-bond acceptors (Lipinski definition) is 5. The van der Waals surface area contributed by atoms with E-state index in [1.807, 2.05) is 60.7 Å². The lowest BCUT2D eigenvalue weighted by molar-refractivity contribution is -0.129. The Bertz CT molecular complexity index is 1140. The van der Waals surface area contributed by atoms with Crippen LogP contribution in [0.3, 0.4) is 0 Å². The molecule has 3 aromatic rings. The average Bonchev–Trinajstić information content (AvgIpc) is 3.13. The van der Waals surface area contributed by atoms with E-state index in [1.54, 1.807) is 25.3 Å². The minimum atomic E-state index is -0.511. The minimum absolute atomic E-state index is 0.214. The zero-order valence-electron chi connectivity index (χ0n) is 16.2. The Morgan fingerprint density at radius 1 is 1.03 bits per heavy atom. The van der Waals surface area contributed by atoms with Crippen molar-refractivity contribution in [3.63, 3.8) is 0 Å². The number of rotatable bonds is 6. The largest absolute Gasteiger partial charge is 0.496 e. The molecular weight excluding hydrogens is 402 g/mol. The van der Waals surface area contributed by atoms with Gasteiger partial charge in [0.2, 0.25) is 5.90 Å². The number of carbonyl (C=O) groups excluding carboxylic acids is 1. The van der Waals surface area contributed by atoms with E-state index in [4.69, 9.17) is 25.8 Å². The Morgan fingerprint density at radius 3 is 2.63 bits per heavy atom. The molecule has 1 aliphatic heterocycles. The highest BCUT2D eigenvalue weighted by Crippen LogP contribution is 2.26. The van der Waals surface area contributed by atoms with Crippen LogP contribution in [0.4, 0.5) is 0 Å². The summed E-state index contributed by atoms with van der Waals surface area (Å²) in [5.74, 6) is 0.977. The Hall–Kier alpha value is -3.57. The van der Waals surface area contributed by atoms with Gasteiger partial charge in [-0.15, -0.1) is 0 Å². The molecule has 1 aliphatic rings. The van der Waals surface area contributed by atoms with Crippen molar-refractivity contribution in [1.82, 2.24) is 0 Å². The molecule has 0 radical (unpaired) electrons. The van der Waals surface area contributed by atoms with Gasteiger partial charge in [-0.2, -0.15) is 0 Å². The van der Waals surface area contributed by atoms with E-state index in [0.717, 1.165) is 11.1 Å². The van der Waals surface area contributed by atoms with Crippen molar-refractivity contribution < 1.29 is 19.0 Å². The first-order valence-corrected chi connectivity index (χ1v) is 9.63. The predicted molar refractivity (Wildman–Crippen MR) is 116 cm³/mol. The van der Waals surface area contributed by atoms with Gasteiger partial charge in [-0.3, -0.25) is 0 Å². The van der Waals surface area contributed by atoms with Gasteiger partial charge in [-0.1, -0.05) is 48.0 Å². The lowest BCUT2D eigenvalue weighted by atomic mass is 10.2. The van der Waals surface area contributed by atoms with Gasteiger partial charge in [-0.25, -0.2) is 9.79 Å². The summed E-state index contributed by atoms with van der Waals surface area (Å²) in [5, 5.41) is 0.684. The first-order valence-electron chi connectivity index (χ1n) is 9.25. The first-order chi connectivity index (χ1) is 14.6. The molecule has 0 saturated heterocycles. The van der Waals surface area contributed by atoms with E-state index in [-0.39, 0.29) is 11.6 Å². The predicted octanol–water partition coefficient (Wildman–Crippen LogP) is 5.27. The number of methoxy groups -OCH3 is 1. The molecule has 150 valence electrons. The van der Waals surface area contributed by atoms with E-state index in [2.05, 4.69) is 4.99 Å². The SMILES string of the molecule is COc1ccccc1C1=N/C(=C/c2cccc(OCc3ccc(Cl)cc3)c2)C(=O)O1. The van der Waals surface area contributed by atoms with E-state index in [1.165, 1.54) is 0 Å². The number of benzene rings is 3. The van der Waals surface area contributed by atoms with E-state index in [0.29, 0.717) is 28.7 Å². The molecule has 6 heteroatoms. The number of nitrogens with zero attached hydrogens (tertiary/aromatic N) is 1. The molecule has 0 bridgehead atoms. The summed E-state index contributed by atoms with van der Waals surface area (Å²) >= 11 is 5.91. The Balaban J connectivity index is 1.52. The molecule has 30 heavy (non-hydrogen) atoms. The van der Waals surface area contributed by atoms with Gasteiger partial charge in [0, 0.05) is 5.02 Å². The van der Waals surface area contributed by atoms with Gasteiger partial charge in [-0.05, 0) is 53.6 Å². The zero-order valence-corrected chi connectivity index (χ0v) is 16.9. The molecule has 4 rings (SSSR count). The summed E-state index contributed by atoms with van der Waals surface area (Å²) in [6.45, 7) is 0.412. The Labute approximate surface area is 179 Å². The summed E-state index contributed by atoms with van der Waals surface area (Å²) < 4.78 is 16.5. The second kappa shape index (κ2) is 8.84. The summed E-state index contributed by atoms with van der Waals surface area (Å²) in [5.41, 5.74) is 2.62. The standard InChI is InChI=1S/C24H18ClNO4/c1-28-22-8-3-2-7-20(22)23-26-21(24(27)30-23)14-17-5-4-6-19(13-17)29-15-16-9-11-18(25)12-10-16/h2-14H,15H2,1H3/b21-14+. The maximum absolute atomic E-state index is 12.3. The molecule has 0 aromatic heterocycles. The smallest absolute Gasteiger partial charge is 0.363 e. The molecule has 0 amide bonds. The van der Waals surface area contributed by atoms with E-state index >= 15 is 0 Å². The van der Waals surface area contributed by atoms with Gasteiger partial charge in [0.1, 0.15) is 18.1 Å². The number of ether oxygens (including phenoxy) is 3. The fourth-order valence-electron chi connectivity index (χ4n) is 2.94. The fraction of sp³-hybridized carbons (Fsp3) is 0.0833. The molecule has 0 N–H and O–H groups in total. The Morgan fingerprint density at radius 2 is 1.83 bits per heavy atom. The van der Waals surface area contributed by atoms with Crippen molar-refractivity contribution in [2.45, 2.75) is 6.61 Å². The van der Waals surface area contributed by atoms with Crippen molar-refractivity contribution in [3.8, 4) is 11.5 Å². The van der Waals surface area contributed by atoms with Crippen LogP contribution in [0.5, 0.6) is 11.5 Å². The maximum Gasteiger partial charge on any atom is 0.363 e. The summed E-state index contributed by atoms with van der Waals surface area (Å²) in [4.78, 5) is 16.6. The molecule has 0 spiro atoms. The average molecular weight is 420 g/mol. The van der Waals surface area contributed by atoms with Gasteiger partial charge in [0.25, 0.3) is 0 Å². The summed E-state index contributed by atoms with van der Waals surface area (Å²) in [6, 6.07) is 22.1.